The number of halogens is 4. The highest BCUT2D eigenvalue weighted by Crippen LogP contribution is 2.31. The number of terminal acetylenes is 1. The number of anilines is 1. The summed E-state index contributed by atoms with van der Waals surface area (Å²) < 4.78 is 43.4. The molecular formula is C24H19ClF3N3O2. The van der Waals surface area contributed by atoms with Crippen molar-refractivity contribution in [1.82, 2.24) is 9.97 Å². The van der Waals surface area contributed by atoms with E-state index in [1.807, 2.05) is 6.92 Å². The van der Waals surface area contributed by atoms with E-state index >= 15 is 0 Å². The largest absolute Gasteiger partial charge is 0.439 e. The summed E-state index contributed by atoms with van der Waals surface area (Å²) in [5.74, 6) is 2.61. The van der Waals surface area contributed by atoms with Gasteiger partial charge in [-0.1, -0.05) is 36.6 Å². The first-order valence-electron chi connectivity index (χ1n) is 9.90. The average molecular weight is 474 g/mol. The Morgan fingerprint density at radius 1 is 1.15 bits per heavy atom. The SMILES string of the molecule is C#CCN(C(=O)Cc1ccc(Oc2ccc(C(F)(F)F)cn2)cc1)c1ccnc(CC)c1Cl. The van der Waals surface area contributed by atoms with E-state index in [1.54, 1.807) is 36.5 Å². The minimum Gasteiger partial charge on any atom is -0.439 e. The Labute approximate surface area is 194 Å². The van der Waals surface area contributed by atoms with Crippen molar-refractivity contribution in [3.8, 4) is 24.0 Å². The predicted molar refractivity (Wildman–Crippen MR) is 119 cm³/mol. The van der Waals surface area contributed by atoms with Crippen molar-refractivity contribution in [2.45, 2.75) is 25.9 Å². The Morgan fingerprint density at radius 2 is 1.88 bits per heavy atom. The quantitative estimate of drug-likeness (QED) is 0.412. The summed E-state index contributed by atoms with van der Waals surface area (Å²) >= 11 is 6.41. The normalized spacial score (nSPS) is 11.0. The maximum absolute atomic E-state index is 13.0. The average Bonchev–Trinajstić information content (AvgIpc) is 2.79. The number of alkyl halides is 3. The van der Waals surface area contributed by atoms with E-state index in [0.29, 0.717) is 40.3 Å². The first-order valence-corrected chi connectivity index (χ1v) is 10.3. The third-order valence-corrected chi connectivity index (χ3v) is 5.09. The molecule has 2 aromatic heterocycles. The predicted octanol–water partition coefficient (Wildman–Crippen LogP) is 5.71. The number of nitrogens with zero attached hydrogens (tertiary/aromatic N) is 3. The van der Waals surface area contributed by atoms with Gasteiger partial charge in [0.05, 0.1) is 34.9 Å². The van der Waals surface area contributed by atoms with Crippen molar-refractivity contribution < 1.29 is 22.7 Å². The molecule has 1 aromatic carbocycles. The van der Waals surface area contributed by atoms with Gasteiger partial charge < -0.3 is 4.74 Å². The number of pyridine rings is 2. The van der Waals surface area contributed by atoms with E-state index in [1.165, 1.54) is 4.90 Å². The number of ether oxygens (including phenoxy) is 1. The summed E-state index contributed by atoms with van der Waals surface area (Å²) in [5, 5.41) is 0.386. The minimum absolute atomic E-state index is 0.0195. The number of aromatic nitrogens is 2. The second-order valence-corrected chi connectivity index (χ2v) is 7.31. The van der Waals surface area contributed by atoms with Crippen molar-refractivity contribution in [3.05, 3.63) is 76.7 Å². The molecular weight excluding hydrogens is 455 g/mol. The van der Waals surface area contributed by atoms with Crippen LogP contribution in [-0.4, -0.2) is 22.4 Å². The van der Waals surface area contributed by atoms with Gasteiger partial charge in [-0.05, 0) is 36.2 Å². The van der Waals surface area contributed by atoms with Gasteiger partial charge in [-0.25, -0.2) is 4.98 Å². The number of carbonyl (C=O) groups excluding carboxylic acids is 1. The summed E-state index contributed by atoms with van der Waals surface area (Å²) in [7, 11) is 0. The Morgan fingerprint density at radius 3 is 2.45 bits per heavy atom. The number of hydrogen-bond donors (Lipinski definition) is 0. The van der Waals surface area contributed by atoms with Gasteiger partial charge >= 0.3 is 6.18 Å². The zero-order valence-electron chi connectivity index (χ0n) is 17.6. The standard InChI is InChI=1S/C24H19ClF3N3O2/c1-3-13-31(20-11-12-29-19(4-2)23(20)25)22(32)14-16-5-8-18(9-6-16)33-21-10-7-17(15-30-21)24(26,27)28/h1,5-12,15H,4,13-14H2,2H3. The molecule has 0 spiro atoms. The lowest BCUT2D eigenvalue weighted by Gasteiger charge is -2.22. The van der Waals surface area contributed by atoms with Crippen LogP contribution in [0.1, 0.15) is 23.7 Å². The molecule has 0 aliphatic heterocycles. The smallest absolute Gasteiger partial charge is 0.417 e. The molecule has 0 bridgehead atoms. The van der Waals surface area contributed by atoms with E-state index in [9.17, 15) is 18.0 Å². The molecule has 3 rings (SSSR count). The van der Waals surface area contributed by atoms with Gasteiger partial charge in [-0.15, -0.1) is 6.42 Å². The number of rotatable bonds is 7. The molecule has 0 fully saturated rings. The van der Waals surface area contributed by atoms with Gasteiger partial charge in [0.2, 0.25) is 11.8 Å². The number of carbonyl (C=O) groups is 1. The second-order valence-electron chi connectivity index (χ2n) is 6.93. The van der Waals surface area contributed by atoms with E-state index in [0.717, 1.165) is 12.1 Å². The molecule has 9 heteroatoms. The highest BCUT2D eigenvalue weighted by molar-refractivity contribution is 6.34. The van der Waals surface area contributed by atoms with Gasteiger partial charge in [0.25, 0.3) is 0 Å². The lowest BCUT2D eigenvalue weighted by molar-refractivity contribution is -0.137. The number of aryl methyl sites for hydroxylation is 1. The molecule has 1 amide bonds. The Kier molecular flexibility index (Phi) is 7.56. The molecule has 3 aromatic rings. The fourth-order valence-electron chi connectivity index (χ4n) is 3.00. The molecule has 0 radical (unpaired) electrons. The zero-order valence-corrected chi connectivity index (χ0v) is 18.3. The fourth-order valence-corrected chi connectivity index (χ4v) is 3.35. The number of benzene rings is 1. The fraction of sp³-hybridized carbons (Fsp3) is 0.208. The molecule has 170 valence electrons. The summed E-state index contributed by atoms with van der Waals surface area (Å²) in [5.41, 5.74) is 0.999. The van der Waals surface area contributed by atoms with Crippen LogP contribution in [0.4, 0.5) is 18.9 Å². The molecule has 0 unspecified atom stereocenters. The van der Waals surface area contributed by atoms with Crippen LogP contribution in [0.5, 0.6) is 11.6 Å². The number of amides is 1. The van der Waals surface area contributed by atoms with E-state index in [-0.39, 0.29) is 24.8 Å². The first-order chi connectivity index (χ1) is 15.7. The van der Waals surface area contributed by atoms with Crippen molar-refractivity contribution in [1.29, 1.82) is 0 Å². The number of hydrogen-bond acceptors (Lipinski definition) is 4. The molecule has 0 saturated heterocycles. The third kappa shape index (κ3) is 6.02. The Hall–Kier alpha value is -3.57. The van der Waals surface area contributed by atoms with Gasteiger partial charge in [-0.3, -0.25) is 14.7 Å². The van der Waals surface area contributed by atoms with Gasteiger partial charge in [-0.2, -0.15) is 13.2 Å². The van der Waals surface area contributed by atoms with Gasteiger partial charge in [0, 0.05) is 18.5 Å². The van der Waals surface area contributed by atoms with E-state index < -0.39 is 11.7 Å². The zero-order chi connectivity index (χ0) is 24.0. The molecule has 2 heterocycles. The van der Waals surface area contributed by atoms with Gasteiger partial charge in [0.15, 0.2) is 0 Å². The topological polar surface area (TPSA) is 55.3 Å². The molecule has 0 saturated carbocycles. The van der Waals surface area contributed by atoms with Crippen LogP contribution in [0, 0.1) is 12.3 Å². The second kappa shape index (κ2) is 10.4. The summed E-state index contributed by atoms with van der Waals surface area (Å²) in [6.07, 6.45) is 3.94. The van der Waals surface area contributed by atoms with Crippen LogP contribution in [-0.2, 0) is 23.8 Å². The summed E-state index contributed by atoms with van der Waals surface area (Å²) in [6.45, 7) is 1.96. The summed E-state index contributed by atoms with van der Waals surface area (Å²) in [6, 6.07) is 10.2. The van der Waals surface area contributed by atoms with Gasteiger partial charge in [0.1, 0.15) is 5.75 Å². The van der Waals surface area contributed by atoms with Crippen LogP contribution in [0.3, 0.4) is 0 Å². The summed E-state index contributed by atoms with van der Waals surface area (Å²) in [4.78, 5) is 22.3. The van der Waals surface area contributed by atoms with Crippen LogP contribution < -0.4 is 9.64 Å². The lowest BCUT2D eigenvalue weighted by atomic mass is 10.1. The van der Waals surface area contributed by atoms with E-state index in [4.69, 9.17) is 22.8 Å². The van der Waals surface area contributed by atoms with Crippen LogP contribution in [0.2, 0.25) is 5.02 Å². The third-order valence-electron chi connectivity index (χ3n) is 4.68. The maximum Gasteiger partial charge on any atom is 0.417 e. The minimum atomic E-state index is -4.47. The van der Waals surface area contributed by atoms with E-state index in [2.05, 4.69) is 15.9 Å². The highest BCUT2D eigenvalue weighted by atomic mass is 35.5. The Bertz CT molecular complexity index is 1160. The van der Waals surface area contributed by atoms with Crippen molar-refractivity contribution in [3.63, 3.8) is 0 Å². The van der Waals surface area contributed by atoms with Crippen molar-refractivity contribution in [2.24, 2.45) is 0 Å². The molecule has 0 N–H and O–H groups in total. The highest BCUT2D eigenvalue weighted by Gasteiger charge is 2.30. The molecule has 0 aliphatic carbocycles. The van der Waals surface area contributed by atoms with Crippen molar-refractivity contribution >= 4 is 23.2 Å². The van der Waals surface area contributed by atoms with Crippen LogP contribution in [0.15, 0.2) is 54.9 Å². The molecule has 5 nitrogen and oxygen atoms in total. The molecule has 0 atom stereocenters. The van der Waals surface area contributed by atoms with Crippen LogP contribution >= 0.6 is 11.6 Å². The Balaban J connectivity index is 1.70. The van der Waals surface area contributed by atoms with Crippen molar-refractivity contribution in [2.75, 3.05) is 11.4 Å². The maximum atomic E-state index is 13.0. The molecule has 33 heavy (non-hydrogen) atoms. The molecule has 0 aliphatic rings. The monoisotopic (exact) mass is 473 g/mol. The van der Waals surface area contributed by atoms with Crippen LogP contribution in [0.25, 0.3) is 0 Å². The first kappa shape index (κ1) is 24.1. The lowest BCUT2D eigenvalue weighted by Crippen LogP contribution is -2.33.